The van der Waals surface area contributed by atoms with Gasteiger partial charge in [-0.2, -0.15) is 13.2 Å². The van der Waals surface area contributed by atoms with Gasteiger partial charge in [0.1, 0.15) is 0 Å². The monoisotopic (exact) mass is 417 g/mol. The number of rotatable bonds is 4. The van der Waals surface area contributed by atoms with Crippen molar-refractivity contribution in [1.82, 2.24) is 9.80 Å². The Morgan fingerprint density at radius 2 is 1.80 bits per heavy atom. The van der Waals surface area contributed by atoms with Gasteiger partial charge in [-0.15, -0.1) is 0 Å². The third-order valence-corrected chi connectivity index (χ3v) is 6.35. The molecule has 30 heavy (non-hydrogen) atoms. The minimum atomic E-state index is -4.38. The highest BCUT2D eigenvalue weighted by Crippen LogP contribution is 2.34. The fourth-order valence-corrected chi connectivity index (χ4v) is 4.70. The van der Waals surface area contributed by atoms with Crippen LogP contribution >= 0.6 is 0 Å². The van der Waals surface area contributed by atoms with Crippen molar-refractivity contribution in [1.29, 1.82) is 0 Å². The molecule has 1 N–H and O–H groups in total. The lowest BCUT2D eigenvalue weighted by Gasteiger charge is -2.37. The molecular formula is C23H26F3N3O. The molecule has 2 saturated heterocycles. The van der Waals surface area contributed by atoms with E-state index in [4.69, 9.17) is 0 Å². The summed E-state index contributed by atoms with van der Waals surface area (Å²) in [4.78, 5) is 17.0. The standard InChI is InChI=1S/C23H26F3N3O/c1-15-5-3-4-6-17(15)11-16(2)28-13-21-12-20(28)14-29(21)22(30)27-19-9-7-18(8-10-19)23(24,25)26/h3-10,16,20-21H,11-14H2,1-2H3,(H,27,30). The summed E-state index contributed by atoms with van der Waals surface area (Å²) in [5.74, 6) is 0. The zero-order chi connectivity index (χ0) is 21.5. The number of nitrogens with zero attached hydrogens (tertiary/aromatic N) is 2. The van der Waals surface area contributed by atoms with Crippen LogP contribution in [0.25, 0.3) is 0 Å². The summed E-state index contributed by atoms with van der Waals surface area (Å²) < 4.78 is 38.1. The van der Waals surface area contributed by atoms with Crippen LogP contribution in [0.5, 0.6) is 0 Å². The molecule has 2 aliphatic heterocycles. The largest absolute Gasteiger partial charge is 0.416 e. The molecule has 0 saturated carbocycles. The van der Waals surface area contributed by atoms with Gasteiger partial charge in [0.25, 0.3) is 0 Å². The third kappa shape index (κ3) is 4.17. The van der Waals surface area contributed by atoms with Gasteiger partial charge in [-0.3, -0.25) is 4.90 Å². The predicted octanol–water partition coefficient (Wildman–Crippen LogP) is 4.94. The number of piperazine rings is 1. The number of benzene rings is 2. The Balaban J connectivity index is 1.34. The molecule has 0 radical (unpaired) electrons. The molecule has 3 unspecified atom stereocenters. The first-order valence-corrected chi connectivity index (χ1v) is 10.3. The van der Waals surface area contributed by atoms with Crippen LogP contribution in [-0.2, 0) is 12.6 Å². The third-order valence-electron chi connectivity index (χ3n) is 6.35. The number of amides is 2. The number of anilines is 1. The minimum absolute atomic E-state index is 0.142. The summed E-state index contributed by atoms with van der Waals surface area (Å²) in [5.41, 5.74) is 2.30. The van der Waals surface area contributed by atoms with Crippen molar-refractivity contribution in [3.8, 4) is 0 Å². The number of aryl methyl sites for hydroxylation is 1. The van der Waals surface area contributed by atoms with Gasteiger partial charge in [-0.1, -0.05) is 24.3 Å². The van der Waals surface area contributed by atoms with Crippen LogP contribution in [-0.4, -0.2) is 47.0 Å². The van der Waals surface area contributed by atoms with Crippen LogP contribution < -0.4 is 5.32 Å². The topological polar surface area (TPSA) is 35.6 Å². The molecule has 2 heterocycles. The molecule has 2 aliphatic rings. The van der Waals surface area contributed by atoms with Gasteiger partial charge < -0.3 is 10.2 Å². The van der Waals surface area contributed by atoms with Crippen LogP contribution in [0.1, 0.15) is 30.0 Å². The molecule has 4 nitrogen and oxygen atoms in total. The van der Waals surface area contributed by atoms with Crippen molar-refractivity contribution in [2.24, 2.45) is 0 Å². The molecule has 2 fully saturated rings. The van der Waals surface area contributed by atoms with E-state index in [9.17, 15) is 18.0 Å². The maximum atomic E-state index is 12.7. The lowest BCUT2D eigenvalue weighted by molar-refractivity contribution is -0.137. The second-order valence-electron chi connectivity index (χ2n) is 8.38. The van der Waals surface area contributed by atoms with Crippen LogP contribution in [0.3, 0.4) is 0 Å². The van der Waals surface area contributed by atoms with E-state index in [1.165, 1.54) is 23.3 Å². The van der Waals surface area contributed by atoms with Crippen molar-refractivity contribution >= 4 is 11.7 Å². The minimum Gasteiger partial charge on any atom is -0.319 e. The lowest BCUT2D eigenvalue weighted by Crippen LogP contribution is -2.52. The number of carbonyl (C=O) groups excluding carboxylic acids is 1. The Bertz CT molecular complexity index is 913. The molecule has 2 aromatic carbocycles. The van der Waals surface area contributed by atoms with E-state index in [-0.39, 0.29) is 12.1 Å². The summed E-state index contributed by atoms with van der Waals surface area (Å²) in [6, 6.07) is 13.6. The number of carbonyl (C=O) groups is 1. The van der Waals surface area contributed by atoms with Crippen LogP contribution in [0, 0.1) is 6.92 Å². The van der Waals surface area contributed by atoms with Crippen molar-refractivity contribution in [3.05, 3.63) is 65.2 Å². The van der Waals surface area contributed by atoms with Crippen molar-refractivity contribution < 1.29 is 18.0 Å². The van der Waals surface area contributed by atoms with E-state index < -0.39 is 11.7 Å². The Hall–Kier alpha value is -2.54. The first-order chi connectivity index (χ1) is 14.2. The Morgan fingerprint density at radius 3 is 2.40 bits per heavy atom. The molecular weight excluding hydrogens is 391 g/mol. The van der Waals surface area contributed by atoms with Crippen LogP contribution in [0.15, 0.2) is 48.5 Å². The van der Waals surface area contributed by atoms with E-state index in [1.54, 1.807) is 0 Å². The Labute approximate surface area is 174 Å². The van der Waals surface area contributed by atoms with E-state index >= 15 is 0 Å². The quantitative estimate of drug-likeness (QED) is 0.765. The molecule has 3 atom stereocenters. The fourth-order valence-electron chi connectivity index (χ4n) is 4.70. The van der Waals surface area contributed by atoms with Gasteiger partial charge in [0.2, 0.25) is 0 Å². The number of hydrogen-bond acceptors (Lipinski definition) is 2. The molecule has 0 spiro atoms. The number of fused-ring (bicyclic) bond motifs is 2. The summed E-state index contributed by atoms with van der Waals surface area (Å²) in [6.45, 7) is 5.85. The highest BCUT2D eigenvalue weighted by atomic mass is 19.4. The summed E-state index contributed by atoms with van der Waals surface area (Å²) in [5, 5.41) is 2.74. The maximum absolute atomic E-state index is 12.7. The van der Waals surface area contributed by atoms with Gasteiger partial charge in [0.15, 0.2) is 0 Å². The summed E-state index contributed by atoms with van der Waals surface area (Å²) in [6.07, 6.45) is -2.46. The van der Waals surface area contributed by atoms with E-state index in [1.807, 2.05) is 4.90 Å². The summed E-state index contributed by atoms with van der Waals surface area (Å²) in [7, 11) is 0. The predicted molar refractivity (Wildman–Crippen MR) is 110 cm³/mol. The number of nitrogens with one attached hydrogen (secondary N) is 1. The number of likely N-dealkylation sites (tertiary alicyclic amines) is 2. The van der Waals surface area contributed by atoms with E-state index in [0.29, 0.717) is 24.3 Å². The molecule has 0 aliphatic carbocycles. The van der Waals surface area contributed by atoms with Crippen molar-refractivity contribution in [2.45, 2.75) is 51.0 Å². The molecule has 2 aromatic rings. The van der Waals surface area contributed by atoms with Gasteiger partial charge in [-0.05, 0) is 62.1 Å². The molecule has 4 rings (SSSR count). The van der Waals surface area contributed by atoms with Crippen molar-refractivity contribution in [3.63, 3.8) is 0 Å². The number of urea groups is 1. The Kier molecular flexibility index (Phi) is 5.49. The SMILES string of the molecule is Cc1ccccc1CC(C)N1CC2CC1CN2C(=O)Nc1ccc(C(F)(F)F)cc1. The number of halogens is 3. The first-order valence-electron chi connectivity index (χ1n) is 10.3. The summed E-state index contributed by atoms with van der Waals surface area (Å²) >= 11 is 0. The van der Waals surface area contributed by atoms with Crippen molar-refractivity contribution in [2.75, 3.05) is 18.4 Å². The highest BCUT2D eigenvalue weighted by molar-refractivity contribution is 5.90. The van der Waals surface area contributed by atoms with Gasteiger partial charge >= 0.3 is 12.2 Å². The second-order valence-corrected chi connectivity index (χ2v) is 8.38. The van der Waals surface area contributed by atoms with Crippen LogP contribution in [0.4, 0.5) is 23.7 Å². The smallest absolute Gasteiger partial charge is 0.319 e. The number of alkyl halides is 3. The molecule has 2 bridgehead atoms. The number of hydrogen-bond donors (Lipinski definition) is 1. The molecule has 0 aromatic heterocycles. The molecule has 7 heteroatoms. The fraction of sp³-hybridized carbons (Fsp3) is 0.435. The zero-order valence-electron chi connectivity index (χ0n) is 17.1. The molecule has 2 amide bonds. The van der Waals surface area contributed by atoms with E-state index in [2.05, 4.69) is 48.3 Å². The molecule has 160 valence electrons. The van der Waals surface area contributed by atoms with Gasteiger partial charge in [0, 0.05) is 36.9 Å². The van der Waals surface area contributed by atoms with Gasteiger partial charge in [0.05, 0.1) is 5.56 Å². The van der Waals surface area contributed by atoms with Gasteiger partial charge in [-0.25, -0.2) is 4.79 Å². The lowest BCUT2D eigenvalue weighted by atomic mass is 10.0. The second kappa shape index (κ2) is 7.95. The maximum Gasteiger partial charge on any atom is 0.416 e. The normalized spacial score (nSPS) is 22.4. The first kappa shape index (κ1) is 20.7. The van der Waals surface area contributed by atoms with E-state index in [0.717, 1.165) is 31.5 Å². The van der Waals surface area contributed by atoms with Crippen LogP contribution in [0.2, 0.25) is 0 Å². The average molecular weight is 417 g/mol. The zero-order valence-corrected chi connectivity index (χ0v) is 17.1. The Morgan fingerprint density at radius 1 is 1.10 bits per heavy atom. The average Bonchev–Trinajstić information content (AvgIpc) is 3.30. The highest BCUT2D eigenvalue weighted by Gasteiger charge is 2.46.